The van der Waals surface area contributed by atoms with Gasteiger partial charge in [-0.25, -0.2) is 0 Å². The van der Waals surface area contributed by atoms with Gasteiger partial charge >= 0.3 is 0 Å². The molecule has 0 aromatic rings. The molecule has 0 aromatic heterocycles. The number of amides is 1. The number of carbonyl (C=O) groups excluding carboxylic acids is 1. The fourth-order valence-corrected chi connectivity index (χ4v) is 3.19. The summed E-state index contributed by atoms with van der Waals surface area (Å²) in [7, 11) is 2.17. The summed E-state index contributed by atoms with van der Waals surface area (Å²) in [5.41, 5.74) is 0. The number of likely N-dealkylation sites (N-methyl/N-ethyl adjacent to an activating group) is 1. The van der Waals surface area contributed by atoms with Crippen LogP contribution >= 0.6 is 0 Å². The predicted octanol–water partition coefficient (Wildman–Crippen LogP) is 1.61. The largest absolute Gasteiger partial charge is 0.355 e. The molecular weight excluding hydrogens is 250 g/mol. The molecule has 0 spiro atoms. The van der Waals surface area contributed by atoms with Crippen LogP contribution in [0.3, 0.4) is 0 Å². The normalized spacial score (nSPS) is 23.6. The van der Waals surface area contributed by atoms with Crippen LogP contribution in [0.2, 0.25) is 0 Å². The van der Waals surface area contributed by atoms with Crippen molar-refractivity contribution >= 4 is 5.91 Å². The summed E-state index contributed by atoms with van der Waals surface area (Å²) in [5.74, 6) is 1.45. The topological polar surface area (TPSA) is 44.4 Å². The average molecular weight is 281 g/mol. The zero-order valence-electron chi connectivity index (χ0n) is 13.3. The highest BCUT2D eigenvalue weighted by Gasteiger charge is 2.29. The molecule has 0 radical (unpaired) electrons. The van der Waals surface area contributed by atoms with Gasteiger partial charge in [-0.05, 0) is 64.6 Å². The Morgan fingerprint density at radius 1 is 1.25 bits per heavy atom. The van der Waals surface area contributed by atoms with Gasteiger partial charge in [0, 0.05) is 25.0 Å². The van der Waals surface area contributed by atoms with E-state index < -0.39 is 0 Å². The molecule has 20 heavy (non-hydrogen) atoms. The maximum Gasteiger partial charge on any atom is 0.220 e. The van der Waals surface area contributed by atoms with Gasteiger partial charge in [-0.3, -0.25) is 9.69 Å². The van der Waals surface area contributed by atoms with Crippen LogP contribution in [0.25, 0.3) is 0 Å². The molecule has 1 heterocycles. The van der Waals surface area contributed by atoms with Gasteiger partial charge in [-0.2, -0.15) is 0 Å². The van der Waals surface area contributed by atoms with E-state index in [1.54, 1.807) is 0 Å². The second-order valence-corrected chi connectivity index (χ2v) is 6.82. The van der Waals surface area contributed by atoms with Gasteiger partial charge in [0.05, 0.1) is 0 Å². The number of nitrogens with zero attached hydrogens (tertiary/aromatic N) is 1. The third-order valence-electron chi connectivity index (χ3n) is 5.11. The van der Waals surface area contributed by atoms with E-state index in [0.717, 1.165) is 25.7 Å². The molecule has 4 heteroatoms. The van der Waals surface area contributed by atoms with E-state index in [1.165, 1.54) is 25.7 Å². The summed E-state index contributed by atoms with van der Waals surface area (Å²) in [6, 6.07) is 1.20. The summed E-state index contributed by atoms with van der Waals surface area (Å²) in [4.78, 5) is 14.5. The van der Waals surface area contributed by atoms with Crippen molar-refractivity contribution in [3.8, 4) is 0 Å². The molecule has 0 aromatic carbocycles. The molecule has 2 atom stereocenters. The van der Waals surface area contributed by atoms with Gasteiger partial charge in [0.2, 0.25) is 5.91 Å². The van der Waals surface area contributed by atoms with Crippen LogP contribution in [0.5, 0.6) is 0 Å². The Bertz CT molecular complexity index is 311. The number of rotatable bonds is 7. The van der Waals surface area contributed by atoms with E-state index in [4.69, 9.17) is 0 Å². The van der Waals surface area contributed by atoms with Gasteiger partial charge in [0.1, 0.15) is 0 Å². The summed E-state index contributed by atoms with van der Waals surface area (Å²) < 4.78 is 0. The lowest BCUT2D eigenvalue weighted by Crippen LogP contribution is -2.41. The lowest BCUT2D eigenvalue weighted by molar-refractivity contribution is -0.122. The highest BCUT2D eigenvalue weighted by atomic mass is 16.1. The molecule has 116 valence electrons. The van der Waals surface area contributed by atoms with Gasteiger partial charge < -0.3 is 10.6 Å². The molecule has 2 N–H and O–H groups in total. The standard InChI is InChI=1S/C16H31N3O/c1-12(14-6-8-17-9-7-14)10-16(20)18-11-13(2)19(3)15-4-5-15/h12-15,17H,4-11H2,1-3H3,(H,18,20). The maximum absolute atomic E-state index is 12.1. The van der Waals surface area contributed by atoms with E-state index in [1.807, 2.05) is 0 Å². The second-order valence-electron chi connectivity index (χ2n) is 6.82. The number of carbonyl (C=O) groups is 1. The number of hydrogen-bond donors (Lipinski definition) is 2. The van der Waals surface area contributed by atoms with Crippen LogP contribution in [0.4, 0.5) is 0 Å². The molecule has 1 amide bonds. The first-order valence-electron chi connectivity index (χ1n) is 8.27. The van der Waals surface area contributed by atoms with E-state index in [-0.39, 0.29) is 5.91 Å². The van der Waals surface area contributed by atoms with Crippen molar-refractivity contribution < 1.29 is 4.79 Å². The molecule has 1 saturated heterocycles. The molecule has 1 saturated carbocycles. The van der Waals surface area contributed by atoms with Crippen LogP contribution < -0.4 is 10.6 Å². The Hall–Kier alpha value is -0.610. The minimum atomic E-state index is 0.229. The molecule has 2 fully saturated rings. The molecule has 0 bridgehead atoms. The minimum absolute atomic E-state index is 0.229. The first-order valence-corrected chi connectivity index (χ1v) is 8.27. The summed E-state index contributed by atoms with van der Waals surface area (Å²) in [6.45, 7) is 7.44. The summed E-state index contributed by atoms with van der Waals surface area (Å²) >= 11 is 0. The molecule has 4 nitrogen and oxygen atoms in total. The SMILES string of the molecule is CC(CC(=O)NCC(C)N(C)C1CC1)C1CCNCC1. The van der Waals surface area contributed by atoms with Crippen LogP contribution in [0, 0.1) is 11.8 Å². The second kappa shape index (κ2) is 7.41. The lowest BCUT2D eigenvalue weighted by atomic mass is 9.84. The van der Waals surface area contributed by atoms with Crippen molar-refractivity contribution in [1.29, 1.82) is 0 Å². The van der Waals surface area contributed by atoms with Crippen molar-refractivity contribution in [2.45, 2.75) is 58.0 Å². The predicted molar refractivity (Wildman–Crippen MR) is 82.6 cm³/mol. The Morgan fingerprint density at radius 2 is 1.90 bits per heavy atom. The zero-order valence-corrected chi connectivity index (χ0v) is 13.3. The van der Waals surface area contributed by atoms with Crippen LogP contribution in [-0.4, -0.2) is 49.6 Å². The highest BCUT2D eigenvalue weighted by Crippen LogP contribution is 2.27. The Balaban J connectivity index is 1.63. The van der Waals surface area contributed by atoms with Crippen molar-refractivity contribution in [3.63, 3.8) is 0 Å². The monoisotopic (exact) mass is 281 g/mol. The van der Waals surface area contributed by atoms with E-state index in [2.05, 4.69) is 36.4 Å². The van der Waals surface area contributed by atoms with Crippen LogP contribution in [-0.2, 0) is 4.79 Å². The fraction of sp³-hybridized carbons (Fsp3) is 0.938. The van der Waals surface area contributed by atoms with Gasteiger partial charge in [0.25, 0.3) is 0 Å². The lowest BCUT2D eigenvalue weighted by Gasteiger charge is -2.28. The Labute approximate surface area is 123 Å². The van der Waals surface area contributed by atoms with E-state index >= 15 is 0 Å². The van der Waals surface area contributed by atoms with E-state index in [0.29, 0.717) is 24.3 Å². The number of nitrogens with one attached hydrogen (secondary N) is 2. The molecule has 2 unspecified atom stereocenters. The van der Waals surface area contributed by atoms with Gasteiger partial charge in [0.15, 0.2) is 0 Å². The third kappa shape index (κ3) is 4.74. The Kier molecular flexibility index (Phi) is 5.85. The number of piperidine rings is 1. The first-order chi connectivity index (χ1) is 9.58. The summed E-state index contributed by atoms with van der Waals surface area (Å²) in [5, 5.41) is 6.51. The van der Waals surface area contributed by atoms with E-state index in [9.17, 15) is 4.79 Å². The van der Waals surface area contributed by atoms with Gasteiger partial charge in [-0.1, -0.05) is 6.92 Å². The first kappa shape index (κ1) is 15.8. The Morgan fingerprint density at radius 3 is 2.50 bits per heavy atom. The summed E-state index contributed by atoms with van der Waals surface area (Å²) in [6.07, 6.45) is 5.76. The highest BCUT2D eigenvalue weighted by molar-refractivity contribution is 5.76. The molecule has 2 rings (SSSR count). The van der Waals surface area contributed by atoms with Crippen LogP contribution in [0.15, 0.2) is 0 Å². The fourth-order valence-electron chi connectivity index (χ4n) is 3.19. The van der Waals surface area contributed by atoms with Crippen molar-refractivity contribution in [3.05, 3.63) is 0 Å². The molecule has 2 aliphatic rings. The maximum atomic E-state index is 12.1. The zero-order chi connectivity index (χ0) is 14.5. The minimum Gasteiger partial charge on any atom is -0.355 e. The van der Waals surface area contributed by atoms with Crippen molar-refractivity contribution in [2.75, 3.05) is 26.7 Å². The smallest absolute Gasteiger partial charge is 0.220 e. The van der Waals surface area contributed by atoms with Crippen molar-refractivity contribution in [1.82, 2.24) is 15.5 Å². The average Bonchev–Trinajstić information content (AvgIpc) is 3.29. The molecule has 1 aliphatic carbocycles. The molecular formula is C16H31N3O. The molecule has 1 aliphatic heterocycles. The quantitative estimate of drug-likeness (QED) is 0.745. The number of hydrogen-bond acceptors (Lipinski definition) is 3. The van der Waals surface area contributed by atoms with Crippen LogP contribution in [0.1, 0.15) is 46.0 Å². The van der Waals surface area contributed by atoms with Crippen molar-refractivity contribution in [2.24, 2.45) is 11.8 Å². The van der Waals surface area contributed by atoms with Gasteiger partial charge in [-0.15, -0.1) is 0 Å². The third-order valence-corrected chi connectivity index (χ3v) is 5.11.